The van der Waals surface area contributed by atoms with Gasteiger partial charge in [0.2, 0.25) is 0 Å². The number of hydrogen-bond donors (Lipinski definition) is 1. The Morgan fingerprint density at radius 1 is 1.50 bits per heavy atom. The third-order valence-corrected chi connectivity index (χ3v) is 3.38. The van der Waals surface area contributed by atoms with E-state index in [4.69, 9.17) is 10.00 Å². The number of rotatable bonds is 6. The van der Waals surface area contributed by atoms with E-state index in [0.29, 0.717) is 18.8 Å². The molecule has 0 bridgehead atoms. The fraction of sp³-hybridized carbons (Fsp3) is 0.429. The van der Waals surface area contributed by atoms with E-state index in [1.807, 2.05) is 41.5 Å². The summed E-state index contributed by atoms with van der Waals surface area (Å²) in [6.45, 7) is 4.04. The van der Waals surface area contributed by atoms with Crippen molar-refractivity contribution in [2.24, 2.45) is 7.05 Å². The van der Waals surface area contributed by atoms with Gasteiger partial charge < -0.3 is 14.6 Å². The molecule has 2 heterocycles. The summed E-state index contributed by atoms with van der Waals surface area (Å²) < 4.78 is 8.75. The number of ether oxygens (including phenoxy) is 1. The van der Waals surface area contributed by atoms with Crippen molar-refractivity contribution < 1.29 is 4.74 Å². The lowest BCUT2D eigenvalue weighted by atomic mass is 10.2. The van der Waals surface area contributed by atoms with E-state index < -0.39 is 0 Å². The highest BCUT2D eigenvalue weighted by Gasteiger charge is 2.08. The number of anilines is 1. The third-order valence-electron chi connectivity index (χ3n) is 3.38. The minimum atomic E-state index is 0.643. The topological polar surface area (TPSA) is 67.8 Å². The molecule has 0 aliphatic heterocycles. The minimum absolute atomic E-state index is 0.643. The Bertz CT molecular complexity index is 620. The van der Waals surface area contributed by atoms with Crippen molar-refractivity contribution in [3.8, 4) is 6.07 Å². The first-order valence-corrected chi connectivity index (χ1v) is 6.47. The second-order valence-electron chi connectivity index (χ2n) is 4.62. The zero-order valence-electron chi connectivity index (χ0n) is 12.1. The Morgan fingerprint density at radius 3 is 2.95 bits per heavy atom. The van der Waals surface area contributed by atoms with Gasteiger partial charge in [0.05, 0.1) is 13.2 Å². The highest BCUT2D eigenvalue weighted by atomic mass is 16.5. The molecule has 2 aromatic heterocycles. The number of methoxy groups -OCH3 is 1. The van der Waals surface area contributed by atoms with Gasteiger partial charge in [0.25, 0.3) is 0 Å². The lowest BCUT2D eigenvalue weighted by Crippen LogP contribution is -2.06. The molecule has 0 aromatic carbocycles. The van der Waals surface area contributed by atoms with Gasteiger partial charge >= 0.3 is 0 Å². The van der Waals surface area contributed by atoms with E-state index in [1.54, 1.807) is 7.11 Å². The molecule has 0 radical (unpaired) electrons. The fourth-order valence-electron chi connectivity index (χ4n) is 2.00. The number of nitriles is 1. The van der Waals surface area contributed by atoms with Crippen LogP contribution in [0, 0.1) is 18.3 Å². The Labute approximate surface area is 118 Å². The van der Waals surface area contributed by atoms with Gasteiger partial charge in [-0.1, -0.05) is 0 Å². The normalized spacial score (nSPS) is 10.5. The van der Waals surface area contributed by atoms with Gasteiger partial charge in [-0.15, -0.1) is 0 Å². The molecule has 0 aliphatic carbocycles. The van der Waals surface area contributed by atoms with E-state index in [0.717, 1.165) is 23.6 Å². The van der Waals surface area contributed by atoms with E-state index in [1.165, 1.54) is 0 Å². The van der Waals surface area contributed by atoms with Crippen LogP contribution in [-0.2, 0) is 24.9 Å². The third kappa shape index (κ3) is 3.00. The lowest BCUT2D eigenvalue weighted by Gasteiger charge is -2.04. The summed E-state index contributed by atoms with van der Waals surface area (Å²) in [7, 11) is 3.57. The number of nitrogens with one attached hydrogen (secondary N) is 1. The summed E-state index contributed by atoms with van der Waals surface area (Å²) in [5.41, 5.74) is 2.87. The molecular formula is C14H19N5O. The molecule has 0 saturated heterocycles. The summed E-state index contributed by atoms with van der Waals surface area (Å²) in [5.74, 6) is 0.822. The molecule has 0 unspecified atom stereocenters. The molecule has 0 fully saturated rings. The van der Waals surface area contributed by atoms with Crippen LogP contribution >= 0.6 is 0 Å². The van der Waals surface area contributed by atoms with E-state index in [9.17, 15) is 0 Å². The van der Waals surface area contributed by atoms with Crippen molar-refractivity contribution in [3.63, 3.8) is 0 Å². The molecule has 6 heteroatoms. The van der Waals surface area contributed by atoms with Crippen molar-refractivity contribution in [2.45, 2.75) is 20.0 Å². The monoisotopic (exact) mass is 273 g/mol. The minimum Gasteiger partial charge on any atom is -0.383 e. The Balaban J connectivity index is 1.98. The smallest absolute Gasteiger partial charge is 0.148 e. The zero-order valence-corrected chi connectivity index (χ0v) is 12.1. The van der Waals surface area contributed by atoms with Crippen LogP contribution in [0.1, 0.15) is 17.0 Å². The van der Waals surface area contributed by atoms with Crippen molar-refractivity contribution >= 4 is 5.82 Å². The number of nitrogens with zero attached hydrogens (tertiary/aromatic N) is 4. The van der Waals surface area contributed by atoms with Crippen LogP contribution in [0.25, 0.3) is 0 Å². The van der Waals surface area contributed by atoms with Crippen LogP contribution in [0.3, 0.4) is 0 Å². The summed E-state index contributed by atoms with van der Waals surface area (Å²) in [6, 6.07) is 6.02. The zero-order chi connectivity index (χ0) is 14.5. The first-order valence-electron chi connectivity index (χ1n) is 6.47. The largest absolute Gasteiger partial charge is 0.383 e. The highest BCUT2D eigenvalue weighted by Crippen LogP contribution is 2.15. The van der Waals surface area contributed by atoms with E-state index in [2.05, 4.69) is 16.5 Å². The standard InChI is InChI=1S/C14H19N5O/c1-11-12(8-13(9-15)18(11)2)10-16-14-4-5-19(17-14)6-7-20-3/h4-5,8H,6-7,10H2,1-3H3,(H,16,17). The van der Waals surface area contributed by atoms with Crippen LogP contribution in [0.2, 0.25) is 0 Å². The van der Waals surface area contributed by atoms with E-state index in [-0.39, 0.29) is 0 Å². The van der Waals surface area contributed by atoms with Gasteiger partial charge in [0.1, 0.15) is 17.6 Å². The number of aromatic nitrogens is 3. The molecule has 2 rings (SSSR count). The summed E-state index contributed by atoms with van der Waals surface area (Å²) in [6.07, 6.45) is 1.92. The fourth-order valence-corrected chi connectivity index (χ4v) is 2.00. The van der Waals surface area contributed by atoms with Crippen molar-refractivity contribution in [2.75, 3.05) is 19.0 Å². The van der Waals surface area contributed by atoms with Gasteiger partial charge in [0, 0.05) is 38.7 Å². The summed E-state index contributed by atoms with van der Waals surface area (Å²) >= 11 is 0. The second kappa shape index (κ2) is 6.26. The molecule has 0 atom stereocenters. The van der Waals surface area contributed by atoms with Crippen LogP contribution < -0.4 is 5.32 Å². The first kappa shape index (κ1) is 14.2. The molecule has 0 amide bonds. The van der Waals surface area contributed by atoms with Gasteiger partial charge in [-0.3, -0.25) is 4.68 Å². The molecular weight excluding hydrogens is 254 g/mol. The first-order chi connectivity index (χ1) is 9.65. The molecule has 106 valence electrons. The van der Waals surface area contributed by atoms with Crippen LogP contribution in [0.5, 0.6) is 0 Å². The maximum atomic E-state index is 9.01. The van der Waals surface area contributed by atoms with Gasteiger partial charge in [0.15, 0.2) is 0 Å². The number of hydrogen-bond acceptors (Lipinski definition) is 4. The highest BCUT2D eigenvalue weighted by molar-refractivity contribution is 5.39. The van der Waals surface area contributed by atoms with Crippen molar-refractivity contribution in [1.29, 1.82) is 5.26 Å². The Morgan fingerprint density at radius 2 is 2.30 bits per heavy atom. The second-order valence-corrected chi connectivity index (χ2v) is 4.62. The molecule has 0 aliphatic rings. The molecule has 0 spiro atoms. The van der Waals surface area contributed by atoms with Crippen molar-refractivity contribution in [3.05, 3.63) is 35.3 Å². The predicted octanol–water partition coefficient (Wildman–Crippen LogP) is 1.66. The molecule has 20 heavy (non-hydrogen) atoms. The average molecular weight is 273 g/mol. The van der Waals surface area contributed by atoms with E-state index >= 15 is 0 Å². The van der Waals surface area contributed by atoms with Crippen molar-refractivity contribution in [1.82, 2.24) is 14.3 Å². The van der Waals surface area contributed by atoms with Crippen LogP contribution in [-0.4, -0.2) is 28.1 Å². The SMILES string of the molecule is COCCn1ccc(NCc2cc(C#N)n(C)c2C)n1. The summed E-state index contributed by atoms with van der Waals surface area (Å²) in [4.78, 5) is 0. The lowest BCUT2D eigenvalue weighted by molar-refractivity contribution is 0.183. The Kier molecular flexibility index (Phi) is 4.43. The van der Waals surface area contributed by atoms with Crippen LogP contribution in [0.4, 0.5) is 5.82 Å². The van der Waals surface area contributed by atoms with Gasteiger partial charge in [-0.05, 0) is 18.6 Å². The predicted molar refractivity (Wildman–Crippen MR) is 76.3 cm³/mol. The average Bonchev–Trinajstić information content (AvgIpc) is 3.01. The van der Waals surface area contributed by atoms with Crippen LogP contribution in [0.15, 0.2) is 18.3 Å². The molecule has 6 nitrogen and oxygen atoms in total. The Hall–Kier alpha value is -2.26. The van der Waals surface area contributed by atoms with Gasteiger partial charge in [-0.25, -0.2) is 0 Å². The molecule has 1 N–H and O–H groups in total. The molecule has 0 saturated carbocycles. The quantitative estimate of drug-likeness (QED) is 0.869. The summed E-state index contributed by atoms with van der Waals surface area (Å²) in [5, 5.41) is 16.7. The molecule has 2 aromatic rings. The maximum Gasteiger partial charge on any atom is 0.148 e. The van der Waals surface area contributed by atoms with Gasteiger partial charge in [-0.2, -0.15) is 10.4 Å². The maximum absolute atomic E-state index is 9.01.